The topological polar surface area (TPSA) is 123 Å². The van der Waals surface area contributed by atoms with Crippen LogP contribution in [0.1, 0.15) is 6.92 Å². The zero-order valence-corrected chi connectivity index (χ0v) is 20.8. The molecule has 2 heterocycles. The molecular formula is C24H16Cl2N4O5S. The van der Waals surface area contributed by atoms with Crippen molar-refractivity contribution in [2.45, 2.75) is 11.8 Å². The van der Waals surface area contributed by atoms with Crippen molar-refractivity contribution < 1.29 is 13.2 Å². The molecule has 0 aliphatic heterocycles. The lowest BCUT2D eigenvalue weighted by Gasteiger charge is -2.14. The predicted molar refractivity (Wildman–Crippen MR) is 139 cm³/mol. The lowest BCUT2D eigenvalue weighted by Crippen LogP contribution is -2.43. The van der Waals surface area contributed by atoms with Crippen molar-refractivity contribution in [3.8, 4) is 5.69 Å². The summed E-state index contributed by atoms with van der Waals surface area (Å²) in [7, 11) is -4.59. The quantitative estimate of drug-likeness (QED) is 0.353. The van der Waals surface area contributed by atoms with Crippen molar-refractivity contribution in [3.63, 3.8) is 0 Å². The molecular weight excluding hydrogens is 527 g/mol. The molecule has 2 N–H and O–H groups in total. The van der Waals surface area contributed by atoms with E-state index in [1.54, 1.807) is 24.3 Å². The fraction of sp³-hybridized carbons (Fsp3) is 0.0417. The van der Waals surface area contributed by atoms with Crippen LogP contribution in [0.25, 0.3) is 27.5 Å². The van der Waals surface area contributed by atoms with Crippen molar-refractivity contribution in [2.75, 3.05) is 5.32 Å². The van der Waals surface area contributed by atoms with Crippen LogP contribution < -0.4 is 16.6 Å². The van der Waals surface area contributed by atoms with Crippen LogP contribution in [0.2, 0.25) is 10.0 Å². The number of benzene rings is 3. The third-order valence-corrected chi connectivity index (χ3v) is 7.78. The van der Waals surface area contributed by atoms with Crippen LogP contribution in [0, 0.1) is 0 Å². The van der Waals surface area contributed by atoms with Crippen molar-refractivity contribution in [3.05, 3.63) is 97.7 Å². The van der Waals surface area contributed by atoms with E-state index in [1.807, 2.05) is 0 Å². The summed E-state index contributed by atoms with van der Waals surface area (Å²) in [5.41, 5.74) is -0.832. The largest absolute Gasteiger partial charge is 0.358 e. The van der Waals surface area contributed by atoms with E-state index >= 15 is 0 Å². The van der Waals surface area contributed by atoms with Gasteiger partial charge in [0.1, 0.15) is 0 Å². The zero-order chi connectivity index (χ0) is 25.8. The van der Waals surface area contributed by atoms with E-state index < -0.39 is 21.3 Å². The summed E-state index contributed by atoms with van der Waals surface area (Å²) in [5, 5.41) is 3.63. The summed E-state index contributed by atoms with van der Waals surface area (Å²) in [6, 6.07) is 14.4. The van der Waals surface area contributed by atoms with E-state index in [-0.39, 0.29) is 36.4 Å². The number of para-hydroxylation sites is 1. The number of H-pyrrole nitrogens is 1. The first-order chi connectivity index (χ1) is 17.1. The Morgan fingerprint density at radius 1 is 0.972 bits per heavy atom. The molecule has 182 valence electrons. The normalized spacial score (nSPS) is 11.8. The highest BCUT2D eigenvalue weighted by Crippen LogP contribution is 2.32. The van der Waals surface area contributed by atoms with Gasteiger partial charge in [-0.1, -0.05) is 35.3 Å². The second-order valence-corrected chi connectivity index (χ2v) is 10.5. The maximum Gasteiger partial charge on any atom is 0.350 e. The molecule has 0 radical (unpaired) electrons. The molecule has 0 aliphatic rings. The molecule has 0 aliphatic carbocycles. The highest BCUT2D eigenvalue weighted by atomic mass is 35.5. The average molecular weight is 543 g/mol. The lowest BCUT2D eigenvalue weighted by atomic mass is 10.2. The van der Waals surface area contributed by atoms with Gasteiger partial charge in [0.25, 0.3) is 15.6 Å². The molecule has 12 heteroatoms. The van der Waals surface area contributed by atoms with Gasteiger partial charge in [-0.05, 0) is 48.5 Å². The Morgan fingerprint density at radius 2 is 1.67 bits per heavy atom. The summed E-state index contributed by atoms with van der Waals surface area (Å²) in [5.74, 6) is -0.326. The van der Waals surface area contributed by atoms with E-state index in [0.717, 1.165) is 4.57 Å². The number of hydrogen-bond donors (Lipinski definition) is 2. The molecule has 0 bridgehead atoms. The Morgan fingerprint density at radius 3 is 2.36 bits per heavy atom. The van der Waals surface area contributed by atoms with Gasteiger partial charge in [-0.3, -0.25) is 14.2 Å². The molecule has 0 saturated heterocycles. The fourth-order valence-electron chi connectivity index (χ4n) is 4.03. The standard InChI is InChI=1S/C24H16Cl2N4O5S/c1-13(31)28-15-10-18-21(12-27-22(18)19(26)11-15)29-20-5-3-2-4-17(20)23(32)30(24(29)33)36(34,35)16-8-6-14(25)7-9-16/h2-12,27H,1H3,(H,28,31). The van der Waals surface area contributed by atoms with E-state index in [9.17, 15) is 22.8 Å². The minimum atomic E-state index is -4.59. The van der Waals surface area contributed by atoms with Crippen LogP contribution in [0.5, 0.6) is 0 Å². The van der Waals surface area contributed by atoms with E-state index in [0.29, 0.717) is 21.6 Å². The van der Waals surface area contributed by atoms with E-state index in [2.05, 4.69) is 10.3 Å². The fourth-order valence-corrected chi connectivity index (χ4v) is 5.73. The summed E-state index contributed by atoms with van der Waals surface area (Å²) in [4.78, 5) is 41.4. The van der Waals surface area contributed by atoms with Crippen LogP contribution >= 0.6 is 23.2 Å². The van der Waals surface area contributed by atoms with E-state index in [1.165, 1.54) is 49.5 Å². The molecule has 0 unspecified atom stereocenters. The van der Waals surface area contributed by atoms with Crippen LogP contribution in [0.3, 0.4) is 0 Å². The van der Waals surface area contributed by atoms with Gasteiger partial charge < -0.3 is 10.3 Å². The van der Waals surface area contributed by atoms with Gasteiger partial charge in [0.2, 0.25) is 5.91 Å². The number of amides is 1. The van der Waals surface area contributed by atoms with Gasteiger partial charge in [-0.2, -0.15) is 0 Å². The van der Waals surface area contributed by atoms with Crippen molar-refractivity contribution in [2.24, 2.45) is 0 Å². The second kappa shape index (κ2) is 8.66. The van der Waals surface area contributed by atoms with E-state index in [4.69, 9.17) is 23.2 Å². The van der Waals surface area contributed by atoms with Crippen LogP contribution in [0.15, 0.2) is 81.3 Å². The van der Waals surface area contributed by atoms with Gasteiger partial charge in [0.15, 0.2) is 0 Å². The highest BCUT2D eigenvalue weighted by molar-refractivity contribution is 7.90. The first-order valence-corrected chi connectivity index (χ1v) is 12.7. The number of hydrogen-bond acceptors (Lipinski definition) is 5. The Labute approximate surface area is 213 Å². The van der Waals surface area contributed by atoms with Crippen molar-refractivity contribution in [1.82, 2.24) is 13.5 Å². The molecule has 9 nitrogen and oxygen atoms in total. The van der Waals surface area contributed by atoms with Crippen molar-refractivity contribution >= 4 is 66.6 Å². The summed E-state index contributed by atoms with van der Waals surface area (Å²) < 4.78 is 28.3. The van der Waals surface area contributed by atoms with Gasteiger partial charge in [0.05, 0.1) is 32.0 Å². The second-order valence-electron chi connectivity index (χ2n) is 7.90. The number of nitrogens with one attached hydrogen (secondary N) is 2. The maximum atomic E-state index is 13.8. The van der Waals surface area contributed by atoms with Crippen LogP contribution in [-0.4, -0.2) is 27.8 Å². The molecule has 2 aromatic heterocycles. The third kappa shape index (κ3) is 3.79. The lowest BCUT2D eigenvalue weighted by molar-refractivity contribution is -0.114. The Bertz CT molecular complexity index is 1920. The smallest absolute Gasteiger partial charge is 0.350 e. The molecule has 0 saturated carbocycles. The first-order valence-electron chi connectivity index (χ1n) is 10.5. The maximum absolute atomic E-state index is 13.8. The minimum absolute atomic E-state index is 0.00750. The SMILES string of the molecule is CC(=O)Nc1cc(Cl)c2[nH]cc(-n3c(=O)n(S(=O)(=O)c4ccc(Cl)cc4)c(=O)c4ccccc43)c2c1. The van der Waals surface area contributed by atoms with Crippen LogP contribution in [0.4, 0.5) is 5.69 Å². The molecule has 1 amide bonds. The summed E-state index contributed by atoms with van der Waals surface area (Å²) in [6.07, 6.45) is 1.48. The number of aromatic nitrogens is 3. The summed E-state index contributed by atoms with van der Waals surface area (Å²) in [6.45, 7) is 1.34. The highest BCUT2D eigenvalue weighted by Gasteiger charge is 2.26. The number of carbonyl (C=O) groups is 1. The molecule has 0 spiro atoms. The number of carbonyl (C=O) groups excluding carboxylic acids is 1. The van der Waals surface area contributed by atoms with Gasteiger partial charge in [-0.25, -0.2) is 13.2 Å². The Balaban J connectivity index is 1.89. The number of halogens is 2. The first kappa shape index (κ1) is 23.9. The predicted octanol–water partition coefficient (Wildman–Crippen LogP) is 4.14. The summed E-state index contributed by atoms with van der Waals surface area (Å²) >= 11 is 12.3. The number of aromatic amines is 1. The van der Waals surface area contributed by atoms with Gasteiger partial charge in [0, 0.05) is 29.2 Å². The number of anilines is 1. The monoisotopic (exact) mass is 542 g/mol. The molecule has 36 heavy (non-hydrogen) atoms. The minimum Gasteiger partial charge on any atom is -0.358 e. The number of nitrogens with zero attached hydrogens (tertiary/aromatic N) is 2. The van der Waals surface area contributed by atoms with Gasteiger partial charge >= 0.3 is 5.69 Å². The number of fused-ring (bicyclic) bond motifs is 2. The molecule has 3 aromatic carbocycles. The number of rotatable bonds is 4. The molecule has 0 fully saturated rings. The molecule has 5 aromatic rings. The van der Waals surface area contributed by atoms with Crippen LogP contribution in [-0.2, 0) is 14.8 Å². The average Bonchev–Trinajstić information content (AvgIpc) is 3.23. The zero-order valence-electron chi connectivity index (χ0n) is 18.5. The van der Waals surface area contributed by atoms with Gasteiger partial charge in [-0.15, -0.1) is 3.97 Å². The Kier molecular flexibility index (Phi) is 5.74. The third-order valence-electron chi connectivity index (χ3n) is 5.56. The Hall–Kier alpha value is -3.86. The molecule has 5 rings (SSSR count). The molecule has 0 atom stereocenters. The van der Waals surface area contributed by atoms with Crippen molar-refractivity contribution in [1.29, 1.82) is 0 Å².